The minimum absolute atomic E-state index is 0.0898. The maximum absolute atomic E-state index is 10.8. The van der Waals surface area contributed by atoms with Gasteiger partial charge in [-0.1, -0.05) is 12.1 Å². The molecular weight excluding hydrogens is 348 g/mol. The van der Waals surface area contributed by atoms with Crippen molar-refractivity contribution in [2.45, 2.75) is 50.9 Å². The fourth-order valence-electron chi connectivity index (χ4n) is 3.26. The van der Waals surface area contributed by atoms with Crippen LogP contribution in [0.15, 0.2) is 29.3 Å². The molecule has 1 aromatic rings. The molecule has 0 bridgehead atoms. The van der Waals surface area contributed by atoms with Crippen molar-refractivity contribution >= 4 is 11.6 Å². The van der Waals surface area contributed by atoms with E-state index in [1.807, 2.05) is 0 Å². The van der Waals surface area contributed by atoms with Crippen LogP contribution in [0.2, 0.25) is 0 Å². The molecule has 0 radical (unpaired) electrons. The van der Waals surface area contributed by atoms with Gasteiger partial charge in [-0.25, -0.2) is 4.99 Å². The summed E-state index contributed by atoms with van der Waals surface area (Å²) in [5, 5.41) is 17.5. The first-order valence-corrected chi connectivity index (χ1v) is 9.69. The van der Waals surface area contributed by atoms with Crippen LogP contribution >= 0.6 is 0 Å². The molecule has 27 heavy (non-hydrogen) atoms. The number of benzene rings is 1. The van der Waals surface area contributed by atoms with Gasteiger partial charge < -0.3 is 20.1 Å². The van der Waals surface area contributed by atoms with Gasteiger partial charge in [0.25, 0.3) is 5.69 Å². The Balaban J connectivity index is 1.55. The van der Waals surface area contributed by atoms with Crippen molar-refractivity contribution in [2.75, 3.05) is 26.3 Å². The van der Waals surface area contributed by atoms with E-state index >= 15 is 0 Å². The van der Waals surface area contributed by atoms with Gasteiger partial charge in [0.2, 0.25) is 0 Å². The molecule has 0 aromatic heterocycles. The lowest BCUT2D eigenvalue weighted by Gasteiger charge is -2.24. The second-order valence-electron chi connectivity index (χ2n) is 6.97. The zero-order valence-corrected chi connectivity index (χ0v) is 15.6. The van der Waals surface area contributed by atoms with E-state index < -0.39 is 4.92 Å². The minimum Gasteiger partial charge on any atom is -0.376 e. The summed E-state index contributed by atoms with van der Waals surface area (Å²) in [6.45, 7) is 3.54. The fraction of sp³-hybridized carbons (Fsp3) is 0.632. The van der Waals surface area contributed by atoms with E-state index in [1.165, 1.54) is 18.6 Å². The first-order valence-electron chi connectivity index (χ1n) is 9.69. The molecule has 2 saturated heterocycles. The molecule has 8 heteroatoms. The second kappa shape index (κ2) is 10.2. The fourth-order valence-corrected chi connectivity index (χ4v) is 3.26. The van der Waals surface area contributed by atoms with Gasteiger partial charge in [-0.3, -0.25) is 10.1 Å². The van der Waals surface area contributed by atoms with Crippen molar-refractivity contribution < 1.29 is 14.4 Å². The smallest absolute Gasteiger partial charge is 0.269 e. The predicted octanol–water partition coefficient (Wildman–Crippen LogP) is 2.38. The van der Waals surface area contributed by atoms with Crippen LogP contribution in [0.1, 0.15) is 37.7 Å². The van der Waals surface area contributed by atoms with E-state index in [4.69, 9.17) is 9.47 Å². The monoisotopic (exact) mass is 376 g/mol. The molecule has 8 nitrogen and oxygen atoms in total. The number of guanidine groups is 1. The molecule has 148 valence electrons. The van der Waals surface area contributed by atoms with Gasteiger partial charge in [0.05, 0.1) is 23.7 Å². The van der Waals surface area contributed by atoms with Gasteiger partial charge in [-0.15, -0.1) is 0 Å². The molecule has 0 aliphatic carbocycles. The van der Waals surface area contributed by atoms with Crippen LogP contribution in [-0.4, -0.2) is 49.4 Å². The SMILES string of the molecule is O=[N+]([O-])c1ccc(CN=C(NCC2CCCCO2)NCC2CCCO2)cc1. The van der Waals surface area contributed by atoms with Crippen LogP contribution in [0.3, 0.4) is 0 Å². The molecule has 1 aromatic carbocycles. The van der Waals surface area contributed by atoms with Crippen LogP contribution in [0.5, 0.6) is 0 Å². The molecule has 2 aliphatic heterocycles. The Kier molecular flexibility index (Phi) is 7.41. The Morgan fingerprint density at radius 2 is 1.67 bits per heavy atom. The van der Waals surface area contributed by atoms with Crippen LogP contribution in [-0.2, 0) is 16.0 Å². The maximum atomic E-state index is 10.8. The van der Waals surface area contributed by atoms with Crippen molar-refractivity contribution in [3.05, 3.63) is 39.9 Å². The average molecular weight is 376 g/mol. The van der Waals surface area contributed by atoms with Gasteiger partial charge >= 0.3 is 0 Å². The third-order valence-corrected chi connectivity index (χ3v) is 4.86. The van der Waals surface area contributed by atoms with Gasteiger partial charge in [-0.05, 0) is 37.7 Å². The first-order chi connectivity index (χ1) is 13.2. The van der Waals surface area contributed by atoms with Crippen molar-refractivity contribution in [3.8, 4) is 0 Å². The zero-order chi connectivity index (χ0) is 18.9. The van der Waals surface area contributed by atoms with Gasteiger partial charge in [0, 0.05) is 38.4 Å². The minimum atomic E-state index is -0.395. The number of rotatable bonds is 7. The lowest BCUT2D eigenvalue weighted by atomic mass is 10.1. The molecule has 0 saturated carbocycles. The van der Waals surface area contributed by atoms with Crippen LogP contribution in [0, 0.1) is 10.1 Å². The second-order valence-corrected chi connectivity index (χ2v) is 6.97. The summed E-state index contributed by atoms with van der Waals surface area (Å²) < 4.78 is 11.4. The standard InChI is InChI=1S/C19H28N4O4/c24-23(25)16-8-6-15(7-9-16)12-20-19(22-14-18-5-3-11-27-18)21-13-17-4-1-2-10-26-17/h6-9,17-18H,1-5,10-14H2,(H2,20,21,22). The molecule has 0 amide bonds. The third-order valence-electron chi connectivity index (χ3n) is 4.86. The van der Waals surface area contributed by atoms with Gasteiger partial charge in [0.15, 0.2) is 5.96 Å². The molecule has 2 N–H and O–H groups in total. The van der Waals surface area contributed by atoms with Crippen LogP contribution in [0.4, 0.5) is 5.69 Å². The molecule has 2 aliphatic rings. The summed E-state index contributed by atoms with van der Waals surface area (Å²) >= 11 is 0. The number of nitro benzene ring substituents is 1. The summed E-state index contributed by atoms with van der Waals surface area (Å²) in [5.41, 5.74) is 1.01. The lowest BCUT2D eigenvalue weighted by Crippen LogP contribution is -2.44. The van der Waals surface area contributed by atoms with E-state index in [9.17, 15) is 10.1 Å². The van der Waals surface area contributed by atoms with Crippen LogP contribution in [0.25, 0.3) is 0 Å². The number of nitrogens with one attached hydrogen (secondary N) is 2. The number of hydrogen-bond acceptors (Lipinski definition) is 5. The number of nitrogens with zero attached hydrogens (tertiary/aromatic N) is 2. The highest BCUT2D eigenvalue weighted by Gasteiger charge is 2.17. The van der Waals surface area contributed by atoms with Crippen molar-refractivity contribution in [3.63, 3.8) is 0 Å². The Bertz CT molecular complexity index is 623. The summed E-state index contributed by atoms with van der Waals surface area (Å²) in [7, 11) is 0. The summed E-state index contributed by atoms with van der Waals surface area (Å²) in [4.78, 5) is 15.0. The Morgan fingerprint density at radius 3 is 2.22 bits per heavy atom. The Morgan fingerprint density at radius 1 is 1.04 bits per heavy atom. The van der Waals surface area contributed by atoms with Gasteiger partial charge in [0.1, 0.15) is 0 Å². The average Bonchev–Trinajstić information content (AvgIpc) is 3.22. The first kappa shape index (κ1) is 19.6. The molecule has 2 heterocycles. The lowest BCUT2D eigenvalue weighted by molar-refractivity contribution is -0.384. The molecule has 2 unspecified atom stereocenters. The van der Waals surface area contributed by atoms with E-state index in [-0.39, 0.29) is 17.9 Å². The maximum Gasteiger partial charge on any atom is 0.269 e. The Hall–Kier alpha value is -2.19. The molecule has 3 rings (SSSR count). The summed E-state index contributed by atoms with van der Waals surface area (Å²) in [6.07, 6.45) is 6.00. The summed E-state index contributed by atoms with van der Waals surface area (Å²) in [5.74, 6) is 0.720. The normalized spacial score (nSPS) is 23.2. The van der Waals surface area contributed by atoms with Gasteiger partial charge in [-0.2, -0.15) is 0 Å². The number of hydrogen-bond donors (Lipinski definition) is 2. The molecule has 2 fully saturated rings. The predicted molar refractivity (Wildman–Crippen MR) is 103 cm³/mol. The topological polar surface area (TPSA) is 98.0 Å². The number of nitro groups is 1. The van der Waals surface area contributed by atoms with E-state index in [0.29, 0.717) is 6.54 Å². The van der Waals surface area contributed by atoms with E-state index in [2.05, 4.69) is 15.6 Å². The molecule has 0 spiro atoms. The quantitative estimate of drug-likeness (QED) is 0.328. The van der Waals surface area contributed by atoms with Crippen molar-refractivity contribution in [1.82, 2.24) is 10.6 Å². The largest absolute Gasteiger partial charge is 0.376 e. The number of ether oxygens (including phenoxy) is 2. The third kappa shape index (κ3) is 6.48. The highest BCUT2D eigenvalue weighted by atomic mass is 16.6. The van der Waals surface area contributed by atoms with Crippen molar-refractivity contribution in [2.24, 2.45) is 4.99 Å². The highest BCUT2D eigenvalue weighted by Crippen LogP contribution is 2.14. The highest BCUT2D eigenvalue weighted by molar-refractivity contribution is 5.79. The van der Waals surface area contributed by atoms with Crippen LogP contribution < -0.4 is 10.6 Å². The molecular formula is C19H28N4O4. The molecule has 2 atom stereocenters. The number of aliphatic imine (C=N–C) groups is 1. The zero-order valence-electron chi connectivity index (χ0n) is 15.6. The Labute approximate surface area is 159 Å². The summed E-state index contributed by atoms with van der Waals surface area (Å²) in [6, 6.07) is 6.49. The van der Waals surface area contributed by atoms with Crippen molar-refractivity contribution in [1.29, 1.82) is 0 Å². The number of non-ortho nitro benzene ring substituents is 1. The van der Waals surface area contributed by atoms with E-state index in [0.717, 1.165) is 63.5 Å². The van der Waals surface area contributed by atoms with E-state index in [1.54, 1.807) is 12.1 Å².